The van der Waals surface area contributed by atoms with Crippen LogP contribution < -0.4 is 10.1 Å². The van der Waals surface area contributed by atoms with Crippen LogP contribution in [0.1, 0.15) is 12.5 Å². The van der Waals surface area contributed by atoms with Gasteiger partial charge in [-0.25, -0.2) is 0 Å². The number of nitrogens with zero attached hydrogens (tertiary/aromatic N) is 1. The first-order chi connectivity index (χ1) is 11.5. The van der Waals surface area contributed by atoms with Crippen molar-refractivity contribution in [1.29, 1.82) is 5.26 Å². The first kappa shape index (κ1) is 17.6. The molecule has 0 aliphatic heterocycles. The predicted molar refractivity (Wildman–Crippen MR) is 95.6 cm³/mol. The zero-order valence-corrected chi connectivity index (χ0v) is 14.5. The Bertz CT molecular complexity index is 825. The van der Waals surface area contributed by atoms with Crippen LogP contribution >= 0.6 is 15.9 Å². The normalized spacial score (nSPS) is 10.8. The van der Waals surface area contributed by atoms with E-state index in [1.54, 1.807) is 37.3 Å². The van der Waals surface area contributed by atoms with E-state index in [1.807, 2.05) is 12.1 Å². The van der Waals surface area contributed by atoms with E-state index in [1.165, 1.54) is 12.1 Å². The molecule has 0 radical (unpaired) electrons. The maximum Gasteiger partial charge on any atom is 0.266 e. The standard InChI is InChI=1S/C18H15BrN2O3/c1-2-24-17-9-12(6-7-16(17)22)8-13(11-20)18(23)21-15-5-3-4-14(19)10-15/h3-10,22H,2H2,1H3,(H,21,23)/b13-8-. The molecule has 0 saturated heterocycles. The third kappa shape index (κ3) is 4.61. The fourth-order valence-electron chi connectivity index (χ4n) is 1.97. The highest BCUT2D eigenvalue weighted by atomic mass is 79.9. The number of hydrogen-bond donors (Lipinski definition) is 2. The second-order valence-corrected chi connectivity index (χ2v) is 5.71. The Morgan fingerprint density at radius 1 is 1.38 bits per heavy atom. The quantitative estimate of drug-likeness (QED) is 0.598. The van der Waals surface area contributed by atoms with E-state index in [9.17, 15) is 15.2 Å². The molecule has 5 nitrogen and oxygen atoms in total. The first-order valence-electron chi connectivity index (χ1n) is 7.18. The Morgan fingerprint density at radius 3 is 2.83 bits per heavy atom. The molecule has 0 aliphatic rings. The number of nitriles is 1. The van der Waals surface area contributed by atoms with Gasteiger partial charge in [0, 0.05) is 10.2 Å². The molecule has 2 rings (SSSR count). The van der Waals surface area contributed by atoms with Gasteiger partial charge in [-0.3, -0.25) is 4.79 Å². The van der Waals surface area contributed by atoms with Gasteiger partial charge in [-0.1, -0.05) is 28.1 Å². The third-order valence-corrected chi connectivity index (χ3v) is 3.54. The average molecular weight is 387 g/mol. The molecule has 0 unspecified atom stereocenters. The molecular formula is C18H15BrN2O3. The van der Waals surface area contributed by atoms with E-state index < -0.39 is 5.91 Å². The minimum atomic E-state index is -0.512. The van der Waals surface area contributed by atoms with E-state index in [4.69, 9.17) is 4.74 Å². The first-order valence-corrected chi connectivity index (χ1v) is 7.97. The van der Waals surface area contributed by atoms with Crippen LogP contribution in [0.15, 0.2) is 52.5 Å². The lowest BCUT2D eigenvalue weighted by atomic mass is 10.1. The summed E-state index contributed by atoms with van der Waals surface area (Å²) in [6.07, 6.45) is 1.44. The highest BCUT2D eigenvalue weighted by Gasteiger charge is 2.11. The minimum absolute atomic E-state index is 0.00564. The molecule has 0 atom stereocenters. The zero-order valence-electron chi connectivity index (χ0n) is 12.9. The molecule has 0 fully saturated rings. The monoisotopic (exact) mass is 386 g/mol. The van der Waals surface area contributed by atoms with Gasteiger partial charge in [0.15, 0.2) is 11.5 Å². The number of ether oxygens (including phenoxy) is 1. The maximum atomic E-state index is 12.2. The minimum Gasteiger partial charge on any atom is -0.504 e. The second kappa shape index (κ2) is 8.18. The Hall–Kier alpha value is -2.78. The topological polar surface area (TPSA) is 82.3 Å². The van der Waals surface area contributed by atoms with E-state index >= 15 is 0 Å². The lowest BCUT2D eigenvalue weighted by molar-refractivity contribution is -0.112. The molecule has 2 aromatic rings. The van der Waals surface area contributed by atoms with Crippen LogP contribution in [-0.4, -0.2) is 17.6 Å². The number of hydrogen-bond acceptors (Lipinski definition) is 4. The Kier molecular flexibility index (Phi) is 5.99. The molecule has 0 aliphatic carbocycles. The number of carbonyl (C=O) groups excluding carboxylic acids is 1. The number of amides is 1. The van der Waals surface area contributed by atoms with Crippen molar-refractivity contribution in [1.82, 2.24) is 0 Å². The summed E-state index contributed by atoms with van der Waals surface area (Å²) >= 11 is 3.32. The van der Waals surface area contributed by atoms with E-state index in [0.717, 1.165) is 4.47 Å². The molecule has 0 aromatic heterocycles. The summed E-state index contributed by atoms with van der Waals surface area (Å²) in [6, 6.07) is 13.6. The molecule has 0 spiro atoms. The fraction of sp³-hybridized carbons (Fsp3) is 0.111. The van der Waals surface area contributed by atoms with Gasteiger partial charge >= 0.3 is 0 Å². The van der Waals surface area contributed by atoms with Crippen molar-refractivity contribution in [3.63, 3.8) is 0 Å². The van der Waals surface area contributed by atoms with Crippen LogP contribution in [-0.2, 0) is 4.79 Å². The number of carbonyl (C=O) groups is 1. The molecule has 6 heteroatoms. The summed E-state index contributed by atoms with van der Waals surface area (Å²) in [5.41, 5.74) is 1.11. The van der Waals surface area contributed by atoms with Gasteiger partial charge in [0.1, 0.15) is 11.6 Å². The number of rotatable bonds is 5. The van der Waals surface area contributed by atoms with Crippen LogP contribution in [0, 0.1) is 11.3 Å². The van der Waals surface area contributed by atoms with E-state index in [0.29, 0.717) is 23.6 Å². The summed E-state index contributed by atoms with van der Waals surface area (Å²) in [7, 11) is 0. The smallest absolute Gasteiger partial charge is 0.266 e. The molecular weight excluding hydrogens is 372 g/mol. The molecule has 122 valence electrons. The number of anilines is 1. The van der Waals surface area contributed by atoms with Crippen molar-refractivity contribution in [3.05, 3.63) is 58.1 Å². The maximum absolute atomic E-state index is 12.2. The van der Waals surface area contributed by atoms with Crippen LogP contribution in [0.5, 0.6) is 11.5 Å². The van der Waals surface area contributed by atoms with Crippen molar-refractivity contribution in [2.24, 2.45) is 0 Å². The van der Waals surface area contributed by atoms with Crippen molar-refractivity contribution in [2.75, 3.05) is 11.9 Å². The summed E-state index contributed by atoms with van der Waals surface area (Å²) in [6.45, 7) is 2.20. The Balaban J connectivity index is 2.24. The molecule has 0 heterocycles. The molecule has 2 N–H and O–H groups in total. The van der Waals surface area contributed by atoms with Crippen molar-refractivity contribution in [2.45, 2.75) is 6.92 Å². The van der Waals surface area contributed by atoms with E-state index in [-0.39, 0.29) is 11.3 Å². The lowest BCUT2D eigenvalue weighted by Crippen LogP contribution is -2.13. The van der Waals surface area contributed by atoms with Crippen LogP contribution in [0.4, 0.5) is 5.69 Å². The average Bonchev–Trinajstić information content (AvgIpc) is 2.55. The molecule has 24 heavy (non-hydrogen) atoms. The van der Waals surface area contributed by atoms with Gasteiger partial charge in [-0.15, -0.1) is 0 Å². The molecule has 0 saturated carbocycles. The Labute approximate surface area is 148 Å². The number of aromatic hydroxyl groups is 1. The predicted octanol–water partition coefficient (Wildman–Crippen LogP) is 4.10. The summed E-state index contributed by atoms with van der Waals surface area (Å²) in [5, 5.41) is 21.6. The van der Waals surface area contributed by atoms with Crippen LogP contribution in [0.3, 0.4) is 0 Å². The van der Waals surface area contributed by atoms with Crippen LogP contribution in [0.2, 0.25) is 0 Å². The van der Waals surface area contributed by atoms with Crippen LogP contribution in [0.25, 0.3) is 6.08 Å². The van der Waals surface area contributed by atoms with Gasteiger partial charge in [-0.05, 0) is 48.9 Å². The number of phenols is 1. The van der Waals surface area contributed by atoms with Crippen molar-refractivity contribution >= 4 is 33.6 Å². The highest BCUT2D eigenvalue weighted by Crippen LogP contribution is 2.28. The summed E-state index contributed by atoms with van der Waals surface area (Å²) < 4.78 is 6.12. The summed E-state index contributed by atoms with van der Waals surface area (Å²) in [4.78, 5) is 12.2. The van der Waals surface area contributed by atoms with Gasteiger partial charge in [0.05, 0.1) is 6.61 Å². The summed E-state index contributed by atoms with van der Waals surface area (Å²) in [5.74, 6) is -0.205. The molecule has 2 aromatic carbocycles. The largest absolute Gasteiger partial charge is 0.504 e. The second-order valence-electron chi connectivity index (χ2n) is 4.79. The van der Waals surface area contributed by atoms with Gasteiger partial charge in [-0.2, -0.15) is 5.26 Å². The fourth-order valence-corrected chi connectivity index (χ4v) is 2.37. The lowest BCUT2D eigenvalue weighted by Gasteiger charge is -2.07. The van der Waals surface area contributed by atoms with Gasteiger partial charge in [0.25, 0.3) is 5.91 Å². The number of phenolic OH excluding ortho intramolecular Hbond substituents is 1. The Morgan fingerprint density at radius 2 is 2.17 bits per heavy atom. The van der Waals surface area contributed by atoms with Crippen molar-refractivity contribution < 1.29 is 14.6 Å². The molecule has 1 amide bonds. The van der Waals surface area contributed by atoms with Crippen molar-refractivity contribution in [3.8, 4) is 17.6 Å². The van der Waals surface area contributed by atoms with Gasteiger partial charge in [0.2, 0.25) is 0 Å². The van der Waals surface area contributed by atoms with Gasteiger partial charge < -0.3 is 15.2 Å². The number of nitrogens with one attached hydrogen (secondary N) is 1. The third-order valence-electron chi connectivity index (χ3n) is 3.04. The molecule has 0 bridgehead atoms. The number of halogens is 1. The number of benzene rings is 2. The zero-order chi connectivity index (χ0) is 17.5. The van der Waals surface area contributed by atoms with E-state index in [2.05, 4.69) is 21.2 Å². The highest BCUT2D eigenvalue weighted by molar-refractivity contribution is 9.10. The SMILES string of the molecule is CCOc1cc(/C=C(/C#N)C(=O)Nc2cccc(Br)c2)ccc1O.